The van der Waals surface area contributed by atoms with Crippen molar-refractivity contribution in [1.29, 1.82) is 0 Å². The highest BCUT2D eigenvalue weighted by atomic mass is 31.2. The number of phenols is 2. The normalized spacial score (nSPS) is 14.0. The maximum absolute atomic E-state index is 11.8. The summed E-state index contributed by atoms with van der Waals surface area (Å²) in [5.74, 6) is -3.21. The molecule has 0 radical (unpaired) electrons. The van der Waals surface area contributed by atoms with Gasteiger partial charge in [0, 0.05) is 6.42 Å². The van der Waals surface area contributed by atoms with E-state index in [4.69, 9.17) is 20.6 Å². The zero-order chi connectivity index (χ0) is 18.5. The Balaban J connectivity index is 2.71. The number of carbonyl (C=O) groups is 2. The van der Waals surface area contributed by atoms with Gasteiger partial charge in [0.2, 0.25) is 5.91 Å². The topological polar surface area (TPSA) is 200 Å². The highest BCUT2D eigenvalue weighted by molar-refractivity contribution is 7.46. The van der Waals surface area contributed by atoms with Crippen LogP contribution in [-0.2, 0) is 25.1 Å². The van der Waals surface area contributed by atoms with E-state index < -0.39 is 44.1 Å². The van der Waals surface area contributed by atoms with Crippen molar-refractivity contribution in [3.05, 3.63) is 23.8 Å². The molecule has 134 valence electrons. The number of phosphoric ester groups is 1. The lowest BCUT2D eigenvalue weighted by molar-refractivity contribution is -0.142. The van der Waals surface area contributed by atoms with Crippen molar-refractivity contribution >= 4 is 19.7 Å². The lowest BCUT2D eigenvalue weighted by Gasteiger charge is -2.18. The Morgan fingerprint density at radius 3 is 2.38 bits per heavy atom. The van der Waals surface area contributed by atoms with E-state index >= 15 is 0 Å². The summed E-state index contributed by atoms with van der Waals surface area (Å²) in [6.07, 6.45) is -0.221. The fraction of sp³-hybridized carbons (Fsp3) is 0.333. The maximum Gasteiger partial charge on any atom is 0.469 e. The molecule has 0 saturated heterocycles. The number of hydrogen-bond donors (Lipinski definition) is 7. The van der Waals surface area contributed by atoms with Crippen molar-refractivity contribution in [2.45, 2.75) is 18.5 Å². The molecule has 0 fully saturated rings. The largest absolute Gasteiger partial charge is 0.504 e. The number of carboxylic acid groups (broad SMARTS) is 1. The SMILES string of the molecule is N[C@@H](COP(=O)(O)O)C(=O)N[C@@H](Cc1ccc(O)c(O)c1)C(=O)O. The van der Waals surface area contributed by atoms with Gasteiger partial charge in [0.25, 0.3) is 0 Å². The monoisotopic (exact) mass is 364 g/mol. The second-order valence-electron chi connectivity index (χ2n) is 4.82. The Hall–Kier alpha value is -2.17. The van der Waals surface area contributed by atoms with Gasteiger partial charge in [0.1, 0.15) is 12.1 Å². The predicted molar refractivity (Wildman–Crippen MR) is 79.0 cm³/mol. The predicted octanol–water partition coefficient (Wildman–Crippen LogP) is -1.35. The standard InChI is InChI=1S/C12H17N2O9P/c13-7(5-23-24(20,21)22)11(17)14-8(12(18)19)3-6-1-2-9(15)10(16)4-6/h1-2,4,7-8,15-16H,3,5,13H2,(H,14,17)(H,18,19)(H2,20,21,22)/t7-,8-/m0/s1. The number of nitrogens with two attached hydrogens (primary N) is 1. The lowest BCUT2D eigenvalue weighted by atomic mass is 10.0. The van der Waals surface area contributed by atoms with Crippen LogP contribution in [-0.4, -0.2) is 55.7 Å². The molecule has 8 N–H and O–H groups in total. The van der Waals surface area contributed by atoms with Crippen molar-refractivity contribution in [2.75, 3.05) is 6.61 Å². The molecule has 12 heteroatoms. The molecule has 0 heterocycles. The molecule has 0 saturated carbocycles. The van der Waals surface area contributed by atoms with Gasteiger partial charge in [-0.3, -0.25) is 9.32 Å². The third-order valence-corrected chi connectivity index (χ3v) is 3.34. The molecule has 0 unspecified atom stereocenters. The summed E-state index contributed by atoms with van der Waals surface area (Å²) in [5, 5.41) is 29.8. The molecule has 0 spiro atoms. The summed E-state index contributed by atoms with van der Waals surface area (Å²) >= 11 is 0. The van der Waals surface area contributed by atoms with Crippen LogP contribution in [0.3, 0.4) is 0 Å². The molecule has 0 aromatic heterocycles. The Bertz CT molecular complexity index is 660. The van der Waals surface area contributed by atoms with Crippen LogP contribution >= 0.6 is 7.82 Å². The van der Waals surface area contributed by atoms with E-state index in [0.29, 0.717) is 5.56 Å². The number of carboxylic acids is 1. The minimum absolute atomic E-state index is 0.221. The zero-order valence-corrected chi connectivity index (χ0v) is 13.1. The third kappa shape index (κ3) is 6.52. The summed E-state index contributed by atoms with van der Waals surface area (Å²) in [4.78, 5) is 40.0. The minimum atomic E-state index is -4.81. The fourth-order valence-electron chi connectivity index (χ4n) is 1.66. The summed E-state index contributed by atoms with van der Waals surface area (Å²) < 4.78 is 14.6. The van der Waals surface area contributed by atoms with Gasteiger partial charge < -0.3 is 36.2 Å². The van der Waals surface area contributed by atoms with Crippen LogP contribution in [0.1, 0.15) is 5.56 Å². The molecule has 0 aliphatic carbocycles. The Morgan fingerprint density at radius 1 is 1.25 bits per heavy atom. The smallest absolute Gasteiger partial charge is 0.469 e. The first-order valence-corrected chi connectivity index (χ1v) is 8.02. The molecule has 0 bridgehead atoms. The van der Waals surface area contributed by atoms with Crippen LogP contribution in [0.5, 0.6) is 11.5 Å². The van der Waals surface area contributed by atoms with Crippen LogP contribution in [0.2, 0.25) is 0 Å². The Kier molecular flexibility index (Phi) is 6.70. The Labute approximate surface area is 135 Å². The number of phenolic OH excluding ortho intramolecular Hbond substituents is 2. The average Bonchev–Trinajstić information content (AvgIpc) is 2.46. The second kappa shape index (κ2) is 8.08. The average molecular weight is 364 g/mol. The summed E-state index contributed by atoms with van der Waals surface area (Å²) in [6, 6.07) is 0.739. The first-order valence-electron chi connectivity index (χ1n) is 6.49. The molecule has 11 nitrogen and oxygen atoms in total. The molecular formula is C12H17N2O9P. The van der Waals surface area contributed by atoms with Crippen molar-refractivity contribution in [2.24, 2.45) is 5.73 Å². The zero-order valence-electron chi connectivity index (χ0n) is 12.2. The lowest BCUT2D eigenvalue weighted by Crippen LogP contribution is -2.50. The van der Waals surface area contributed by atoms with Crippen molar-refractivity contribution < 1.29 is 43.8 Å². The summed E-state index contributed by atoms with van der Waals surface area (Å²) in [6.45, 7) is -0.803. The summed E-state index contributed by atoms with van der Waals surface area (Å²) in [7, 11) is -4.81. The first-order chi connectivity index (χ1) is 11.0. The minimum Gasteiger partial charge on any atom is -0.504 e. The third-order valence-electron chi connectivity index (χ3n) is 2.85. The van der Waals surface area contributed by atoms with E-state index in [1.54, 1.807) is 0 Å². The van der Waals surface area contributed by atoms with Crippen LogP contribution in [0.4, 0.5) is 0 Å². The van der Waals surface area contributed by atoms with E-state index in [9.17, 15) is 24.4 Å². The molecule has 1 amide bonds. The molecular weight excluding hydrogens is 347 g/mol. The van der Waals surface area contributed by atoms with Crippen molar-refractivity contribution in [3.8, 4) is 11.5 Å². The van der Waals surface area contributed by atoms with Crippen molar-refractivity contribution in [1.82, 2.24) is 5.32 Å². The van der Waals surface area contributed by atoms with E-state index in [0.717, 1.165) is 12.1 Å². The molecule has 0 aliphatic rings. The number of hydrogen-bond acceptors (Lipinski definition) is 7. The van der Waals surface area contributed by atoms with E-state index in [2.05, 4.69) is 9.84 Å². The fourth-order valence-corrected chi connectivity index (χ4v) is 2.02. The number of amides is 1. The van der Waals surface area contributed by atoms with E-state index in [1.165, 1.54) is 6.07 Å². The highest BCUT2D eigenvalue weighted by Crippen LogP contribution is 2.35. The van der Waals surface area contributed by atoms with Gasteiger partial charge in [0.15, 0.2) is 11.5 Å². The number of nitrogens with one attached hydrogen (secondary N) is 1. The van der Waals surface area contributed by atoms with E-state index in [-0.39, 0.29) is 12.2 Å². The van der Waals surface area contributed by atoms with E-state index in [1.807, 2.05) is 0 Å². The number of aliphatic carboxylic acids is 1. The molecule has 2 atom stereocenters. The van der Waals surface area contributed by atoms with Gasteiger partial charge >= 0.3 is 13.8 Å². The number of benzene rings is 1. The Morgan fingerprint density at radius 2 is 1.88 bits per heavy atom. The molecule has 1 aromatic rings. The maximum atomic E-state index is 11.8. The molecule has 1 rings (SSSR count). The molecule has 0 aliphatic heterocycles. The number of aromatic hydroxyl groups is 2. The van der Waals surface area contributed by atoms with Crippen LogP contribution in [0.25, 0.3) is 0 Å². The van der Waals surface area contributed by atoms with Crippen LogP contribution < -0.4 is 11.1 Å². The van der Waals surface area contributed by atoms with Gasteiger partial charge in [-0.25, -0.2) is 9.36 Å². The molecule has 24 heavy (non-hydrogen) atoms. The van der Waals surface area contributed by atoms with Gasteiger partial charge in [-0.05, 0) is 17.7 Å². The van der Waals surface area contributed by atoms with Crippen LogP contribution in [0.15, 0.2) is 18.2 Å². The van der Waals surface area contributed by atoms with Gasteiger partial charge in [-0.15, -0.1) is 0 Å². The number of rotatable bonds is 8. The number of carbonyl (C=O) groups excluding carboxylic acids is 1. The second-order valence-corrected chi connectivity index (χ2v) is 6.06. The van der Waals surface area contributed by atoms with Crippen molar-refractivity contribution in [3.63, 3.8) is 0 Å². The van der Waals surface area contributed by atoms with Crippen LogP contribution in [0, 0.1) is 0 Å². The van der Waals surface area contributed by atoms with Gasteiger partial charge in [0.05, 0.1) is 6.61 Å². The van der Waals surface area contributed by atoms with Gasteiger partial charge in [-0.1, -0.05) is 6.07 Å². The summed E-state index contributed by atoms with van der Waals surface area (Å²) in [5.41, 5.74) is 5.68. The first kappa shape index (κ1) is 19.9. The molecule has 1 aromatic carbocycles. The quantitative estimate of drug-likeness (QED) is 0.213. The number of phosphoric acid groups is 1. The highest BCUT2D eigenvalue weighted by Gasteiger charge is 2.26. The van der Waals surface area contributed by atoms with Gasteiger partial charge in [-0.2, -0.15) is 0 Å².